The minimum Gasteiger partial charge on any atom is -0.330 e. The van der Waals surface area contributed by atoms with Crippen molar-refractivity contribution >= 4 is 17.9 Å². The molecule has 0 heterocycles. The Hall–Kier alpha value is -0.860. The number of nitrogens with two attached hydrogens (primary N) is 1. The van der Waals surface area contributed by atoms with Gasteiger partial charge in [-0.05, 0) is 18.2 Å². The van der Waals surface area contributed by atoms with E-state index in [-0.39, 0.29) is 5.92 Å². The number of rotatable bonds is 4. The lowest BCUT2D eigenvalue weighted by Gasteiger charge is -2.12. The topological polar surface area (TPSA) is 43.1 Å². The van der Waals surface area contributed by atoms with Crippen LogP contribution in [0.3, 0.4) is 0 Å². The van der Waals surface area contributed by atoms with Crippen LogP contribution in [0.1, 0.15) is 17.9 Å². The first-order chi connectivity index (χ1) is 6.29. The minimum atomic E-state index is 0.0474. The summed E-state index contributed by atoms with van der Waals surface area (Å²) in [7, 11) is 0. The Morgan fingerprint density at radius 2 is 2.15 bits per heavy atom. The van der Waals surface area contributed by atoms with Gasteiger partial charge in [-0.1, -0.05) is 29.8 Å². The van der Waals surface area contributed by atoms with Gasteiger partial charge in [0.05, 0.1) is 0 Å². The molecule has 0 unspecified atom stereocenters. The van der Waals surface area contributed by atoms with Crippen LogP contribution in [0.15, 0.2) is 24.3 Å². The number of carbonyl (C=O) groups excluding carboxylic acids is 1. The Bertz CT molecular complexity index is 288. The van der Waals surface area contributed by atoms with Crippen molar-refractivity contribution in [3.8, 4) is 0 Å². The summed E-state index contributed by atoms with van der Waals surface area (Å²) in [5, 5.41) is 0.680. The zero-order valence-corrected chi connectivity index (χ0v) is 8.00. The standard InChI is InChI=1S/C10H12ClNO/c11-10-4-2-1-3-9(10)8(7-12)5-6-13/h1-4,6,8H,5,7,12H2/t8-/m0/s1. The minimum absolute atomic E-state index is 0.0474. The summed E-state index contributed by atoms with van der Waals surface area (Å²) in [6.07, 6.45) is 1.31. The highest BCUT2D eigenvalue weighted by Gasteiger charge is 2.11. The lowest BCUT2D eigenvalue weighted by atomic mass is 9.96. The molecule has 0 aliphatic rings. The van der Waals surface area contributed by atoms with Crippen molar-refractivity contribution in [1.82, 2.24) is 0 Å². The second-order valence-corrected chi connectivity index (χ2v) is 3.26. The number of halogens is 1. The van der Waals surface area contributed by atoms with Crippen molar-refractivity contribution in [3.63, 3.8) is 0 Å². The molecule has 70 valence electrons. The third-order valence-electron chi connectivity index (χ3n) is 2.01. The number of carbonyl (C=O) groups is 1. The van der Waals surface area contributed by atoms with E-state index in [1.54, 1.807) is 0 Å². The summed E-state index contributed by atoms with van der Waals surface area (Å²) in [5.41, 5.74) is 6.50. The Morgan fingerprint density at radius 1 is 1.46 bits per heavy atom. The van der Waals surface area contributed by atoms with Crippen LogP contribution < -0.4 is 5.73 Å². The second-order valence-electron chi connectivity index (χ2n) is 2.86. The number of hydrogen-bond donors (Lipinski definition) is 1. The highest BCUT2D eigenvalue weighted by atomic mass is 35.5. The van der Waals surface area contributed by atoms with E-state index in [2.05, 4.69) is 0 Å². The first-order valence-corrected chi connectivity index (χ1v) is 4.55. The molecule has 1 atom stereocenters. The SMILES string of the molecule is NC[C@H](CC=O)c1ccccc1Cl. The molecule has 0 saturated carbocycles. The normalized spacial score (nSPS) is 12.5. The van der Waals surface area contributed by atoms with Gasteiger partial charge in [0.15, 0.2) is 0 Å². The van der Waals surface area contributed by atoms with E-state index >= 15 is 0 Å². The van der Waals surface area contributed by atoms with E-state index in [1.165, 1.54) is 0 Å². The average molecular weight is 198 g/mol. The molecule has 1 aromatic carbocycles. The van der Waals surface area contributed by atoms with Crippen LogP contribution >= 0.6 is 11.6 Å². The zero-order valence-electron chi connectivity index (χ0n) is 7.24. The fourth-order valence-electron chi connectivity index (χ4n) is 1.27. The number of benzene rings is 1. The zero-order chi connectivity index (χ0) is 9.68. The van der Waals surface area contributed by atoms with Gasteiger partial charge >= 0.3 is 0 Å². The Morgan fingerprint density at radius 3 is 2.69 bits per heavy atom. The Kier molecular flexibility index (Phi) is 3.93. The van der Waals surface area contributed by atoms with E-state index in [0.717, 1.165) is 11.8 Å². The van der Waals surface area contributed by atoms with Gasteiger partial charge in [-0.25, -0.2) is 0 Å². The largest absolute Gasteiger partial charge is 0.330 e. The molecular formula is C10H12ClNO. The lowest BCUT2D eigenvalue weighted by molar-refractivity contribution is -0.108. The summed E-state index contributed by atoms with van der Waals surface area (Å²) in [4.78, 5) is 10.4. The monoisotopic (exact) mass is 197 g/mol. The van der Waals surface area contributed by atoms with Crippen LogP contribution in [0.5, 0.6) is 0 Å². The lowest BCUT2D eigenvalue weighted by Crippen LogP contribution is -2.13. The molecule has 2 N–H and O–H groups in total. The molecular weight excluding hydrogens is 186 g/mol. The van der Waals surface area contributed by atoms with Crippen LogP contribution in [0.2, 0.25) is 5.02 Å². The fraction of sp³-hybridized carbons (Fsp3) is 0.300. The molecule has 1 aromatic rings. The molecule has 0 bridgehead atoms. The molecule has 1 rings (SSSR count). The summed E-state index contributed by atoms with van der Waals surface area (Å²) in [6, 6.07) is 7.47. The predicted molar refractivity (Wildman–Crippen MR) is 53.9 cm³/mol. The number of aldehydes is 1. The molecule has 0 aromatic heterocycles. The van der Waals surface area contributed by atoms with Crippen molar-refractivity contribution in [3.05, 3.63) is 34.9 Å². The van der Waals surface area contributed by atoms with Crippen molar-refractivity contribution < 1.29 is 4.79 Å². The Labute approximate surface area is 82.7 Å². The van der Waals surface area contributed by atoms with Gasteiger partial charge < -0.3 is 10.5 Å². The molecule has 0 spiro atoms. The summed E-state index contributed by atoms with van der Waals surface area (Å²) >= 11 is 5.96. The van der Waals surface area contributed by atoms with Gasteiger partial charge in [0.2, 0.25) is 0 Å². The maximum absolute atomic E-state index is 10.4. The van der Waals surface area contributed by atoms with E-state index in [0.29, 0.717) is 18.0 Å². The van der Waals surface area contributed by atoms with Gasteiger partial charge in [-0.2, -0.15) is 0 Å². The maximum atomic E-state index is 10.4. The van der Waals surface area contributed by atoms with Gasteiger partial charge in [0.1, 0.15) is 6.29 Å². The molecule has 0 radical (unpaired) electrons. The molecule has 0 saturated heterocycles. The molecule has 2 nitrogen and oxygen atoms in total. The fourth-order valence-corrected chi connectivity index (χ4v) is 1.56. The molecule has 0 aliphatic heterocycles. The van der Waals surface area contributed by atoms with Crippen LogP contribution in [-0.2, 0) is 4.79 Å². The van der Waals surface area contributed by atoms with Crippen LogP contribution in [0, 0.1) is 0 Å². The summed E-state index contributed by atoms with van der Waals surface area (Å²) in [5.74, 6) is 0.0474. The van der Waals surface area contributed by atoms with Gasteiger partial charge in [0, 0.05) is 17.4 Å². The summed E-state index contributed by atoms with van der Waals surface area (Å²) in [6.45, 7) is 0.447. The number of hydrogen-bond acceptors (Lipinski definition) is 2. The van der Waals surface area contributed by atoms with E-state index < -0.39 is 0 Å². The molecule has 13 heavy (non-hydrogen) atoms. The average Bonchev–Trinajstić information content (AvgIpc) is 2.16. The van der Waals surface area contributed by atoms with Crippen LogP contribution in [0.4, 0.5) is 0 Å². The quantitative estimate of drug-likeness (QED) is 0.750. The molecule has 0 aliphatic carbocycles. The van der Waals surface area contributed by atoms with Crippen molar-refractivity contribution in [2.75, 3.05) is 6.54 Å². The highest BCUT2D eigenvalue weighted by Crippen LogP contribution is 2.25. The molecule has 3 heteroatoms. The van der Waals surface area contributed by atoms with Crippen LogP contribution in [-0.4, -0.2) is 12.8 Å². The molecule has 0 amide bonds. The summed E-state index contributed by atoms with van der Waals surface area (Å²) < 4.78 is 0. The van der Waals surface area contributed by atoms with Crippen LogP contribution in [0.25, 0.3) is 0 Å². The van der Waals surface area contributed by atoms with E-state index in [9.17, 15) is 4.79 Å². The molecule has 0 fully saturated rings. The van der Waals surface area contributed by atoms with Gasteiger partial charge in [-0.3, -0.25) is 0 Å². The first-order valence-electron chi connectivity index (χ1n) is 4.17. The second kappa shape index (κ2) is 5.00. The van der Waals surface area contributed by atoms with E-state index in [1.807, 2.05) is 24.3 Å². The predicted octanol–water partition coefficient (Wildman–Crippen LogP) is 1.97. The van der Waals surface area contributed by atoms with Gasteiger partial charge in [0.25, 0.3) is 0 Å². The third kappa shape index (κ3) is 2.54. The van der Waals surface area contributed by atoms with Crippen molar-refractivity contribution in [1.29, 1.82) is 0 Å². The third-order valence-corrected chi connectivity index (χ3v) is 2.35. The van der Waals surface area contributed by atoms with Crippen molar-refractivity contribution in [2.45, 2.75) is 12.3 Å². The first kappa shape index (κ1) is 10.2. The maximum Gasteiger partial charge on any atom is 0.120 e. The van der Waals surface area contributed by atoms with E-state index in [4.69, 9.17) is 17.3 Å². The highest BCUT2D eigenvalue weighted by molar-refractivity contribution is 6.31. The Balaban J connectivity index is 2.90. The smallest absolute Gasteiger partial charge is 0.120 e. The van der Waals surface area contributed by atoms with Crippen molar-refractivity contribution in [2.24, 2.45) is 5.73 Å². The van der Waals surface area contributed by atoms with Gasteiger partial charge in [-0.15, -0.1) is 0 Å².